The number of nitrogens with zero attached hydrogens (tertiary/aromatic N) is 4. The minimum atomic E-state index is -1.56. The summed E-state index contributed by atoms with van der Waals surface area (Å²) in [6, 6.07) is 3.70. The molecule has 1 aliphatic heterocycles. The molecule has 54 heavy (non-hydrogen) atoms. The molecule has 1 aromatic heterocycles. The summed E-state index contributed by atoms with van der Waals surface area (Å²) in [5.41, 5.74) is 5.76. The zero-order valence-electron chi connectivity index (χ0n) is 31.5. The number of hydrogen-bond acceptors (Lipinski definition) is 9. The summed E-state index contributed by atoms with van der Waals surface area (Å²) in [6.45, 7) is 6.59. The number of aromatic nitrogens is 2. The number of amides is 5. The molecule has 2 unspecified atom stereocenters. The zero-order chi connectivity index (χ0) is 39.0. The third-order valence-electron chi connectivity index (χ3n) is 11.1. The van der Waals surface area contributed by atoms with Gasteiger partial charge in [-0.15, -0.1) is 0 Å². The molecule has 5 rings (SSSR count). The van der Waals surface area contributed by atoms with Crippen molar-refractivity contribution in [3.05, 3.63) is 59.1 Å². The molecule has 1 aromatic carbocycles. The van der Waals surface area contributed by atoms with Crippen molar-refractivity contribution in [3.63, 3.8) is 0 Å². The highest BCUT2D eigenvalue weighted by atomic mass is 35.5. The van der Waals surface area contributed by atoms with Crippen LogP contribution in [0.5, 0.6) is 0 Å². The molecule has 294 valence electrons. The minimum Gasteiger partial charge on any atom is -0.381 e. The smallest absolute Gasteiger partial charge is 0.272 e. The Kier molecular flexibility index (Phi) is 14.0. The number of carbonyl (C=O) groups is 5. The van der Waals surface area contributed by atoms with Gasteiger partial charge >= 0.3 is 0 Å². The van der Waals surface area contributed by atoms with E-state index in [9.17, 15) is 29.1 Å². The quantitative estimate of drug-likeness (QED) is 0.192. The largest absolute Gasteiger partial charge is 0.381 e. The van der Waals surface area contributed by atoms with Crippen LogP contribution in [0.25, 0.3) is 0 Å². The molecule has 2 aliphatic carbocycles. The van der Waals surface area contributed by atoms with Crippen LogP contribution >= 0.6 is 11.6 Å². The lowest BCUT2D eigenvalue weighted by Crippen LogP contribution is -2.65. The number of carbonyl (C=O) groups excluding carboxylic acids is 5. The van der Waals surface area contributed by atoms with Gasteiger partial charge < -0.3 is 31.7 Å². The highest BCUT2D eigenvalue weighted by Gasteiger charge is 2.43. The second-order valence-corrected chi connectivity index (χ2v) is 16.6. The van der Waals surface area contributed by atoms with Crippen LogP contribution in [0.15, 0.2) is 42.9 Å². The first kappa shape index (κ1) is 41.0. The Morgan fingerprint density at radius 2 is 1.65 bits per heavy atom. The van der Waals surface area contributed by atoms with E-state index in [1.807, 2.05) is 37.8 Å². The third kappa shape index (κ3) is 10.8. The summed E-state index contributed by atoms with van der Waals surface area (Å²) in [7, 11) is 0. The Morgan fingerprint density at radius 3 is 2.24 bits per heavy atom. The average Bonchev–Trinajstić information content (AvgIpc) is 3.14. The molecule has 5 atom stereocenters. The van der Waals surface area contributed by atoms with Crippen molar-refractivity contribution in [2.45, 2.75) is 115 Å². The van der Waals surface area contributed by atoms with Crippen LogP contribution in [0.3, 0.4) is 0 Å². The second-order valence-electron chi connectivity index (χ2n) is 16.1. The Balaban J connectivity index is 1.36. The highest BCUT2D eigenvalue weighted by molar-refractivity contribution is 6.30. The van der Waals surface area contributed by atoms with E-state index in [1.54, 1.807) is 17.0 Å². The fourth-order valence-corrected chi connectivity index (χ4v) is 7.80. The number of benzene rings is 1. The fourth-order valence-electron chi connectivity index (χ4n) is 7.67. The standard InChI is InChI=1S/C39H55ClN8O6/c1-39(2,3)33(46-37(53)31(26-10-5-4-6-11-26)45-35(51)29-21-42-16-17-43-29)38(54)48-19-18-47(22-25-12-14-27(40)15-13-25)30(23-48)36(52)44-28(32(49)34(41)50)20-24-8-7-9-24/h12-17,21,24,26,28,30-33,49H,4-11,18-20,22-23H2,1-3H3,(H2,41,50)(H,44,52)(H,45,51)(H,46,53)/t28?,30-,31?,32+,33+/m0/s1. The number of piperazine rings is 1. The van der Waals surface area contributed by atoms with Gasteiger partial charge in [0.25, 0.3) is 5.91 Å². The van der Waals surface area contributed by atoms with Crippen LogP contribution in [0.1, 0.15) is 94.6 Å². The average molecular weight is 767 g/mol. The molecule has 2 aromatic rings. The Labute approximate surface area is 322 Å². The Morgan fingerprint density at radius 1 is 0.944 bits per heavy atom. The summed E-state index contributed by atoms with van der Waals surface area (Å²) in [4.78, 5) is 79.8. The summed E-state index contributed by atoms with van der Waals surface area (Å²) < 4.78 is 0. The normalized spacial score (nSPS) is 20.8. The van der Waals surface area contributed by atoms with Crippen molar-refractivity contribution in [2.75, 3.05) is 19.6 Å². The molecule has 2 saturated carbocycles. The summed E-state index contributed by atoms with van der Waals surface area (Å²) in [5, 5.41) is 20.1. The molecule has 6 N–H and O–H groups in total. The molecule has 0 bridgehead atoms. The fraction of sp³-hybridized carbons (Fsp3) is 0.615. The SMILES string of the molecule is CC(C)(C)[C@H](NC(=O)C(NC(=O)c1cnccn1)C1CCCCC1)C(=O)N1CCN(Cc2ccc(Cl)cc2)[C@H](C(=O)NC(CC2CCC2)[C@@H](O)C(N)=O)C1. The van der Waals surface area contributed by atoms with E-state index in [0.717, 1.165) is 56.9 Å². The van der Waals surface area contributed by atoms with Gasteiger partial charge in [-0.1, -0.05) is 83.0 Å². The molecule has 3 aliphatic rings. The summed E-state index contributed by atoms with van der Waals surface area (Å²) >= 11 is 6.14. The van der Waals surface area contributed by atoms with Crippen LogP contribution in [0, 0.1) is 17.3 Å². The highest BCUT2D eigenvalue weighted by Crippen LogP contribution is 2.32. The van der Waals surface area contributed by atoms with Gasteiger partial charge in [-0.2, -0.15) is 0 Å². The molecular formula is C39H55ClN8O6. The van der Waals surface area contributed by atoms with Crippen molar-refractivity contribution < 1.29 is 29.1 Å². The van der Waals surface area contributed by atoms with Gasteiger partial charge in [0.1, 0.15) is 23.8 Å². The van der Waals surface area contributed by atoms with Gasteiger partial charge in [0, 0.05) is 43.6 Å². The number of halogens is 1. The van der Waals surface area contributed by atoms with E-state index >= 15 is 0 Å². The van der Waals surface area contributed by atoms with Crippen molar-refractivity contribution >= 4 is 41.1 Å². The second kappa shape index (κ2) is 18.5. The third-order valence-corrected chi connectivity index (χ3v) is 11.4. The molecule has 5 amide bonds. The van der Waals surface area contributed by atoms with E-state index in [-0.39, 0.29) is 36.5 Å². The first-order valence-electron chi connectivity index (χ1n) is 19.1. The van der Waals surface area contributed by atoms with E-state index in [4.69, 9.17) is 17.3 Å². The topological polar surface area (TPSA) is 200 Å². The van der Waals surface area contributed by atoms with Crippen molar-refractivity contribution in [1.82, 2.24) is 35.7 Å². The van der Waals surface area contributed by atoms with Crippen molar-refractivity contribution in [2.24, 2.45) is 23.0 Å². The van der Waals surface area contributed by atoms with Crippen LogP contribution in [0.4, 0.5) is 0 Å². The summed E-state index contributed by atoms with van der Waals surface area (Å²) in [6.07, 6.45) is 10.4. The van der Waals surface area contributed by atoms with Gasteiger partial charge in [0.15, 0.2) is 6.10 Å². The molecular weight excluding hydrogens is 712 g/mol. The molecule has 0 radical (unpaired) electrons. The number of nitrogens with one attached hydrogen (secondary N) is 3. The maximum Gasteiger partial charge on any atom is 0.272 e. The van der Waals surface area contributed by atoms with Gasteiger partial charge in [0.2, 0.25) is 23.6 Å². The van der Waals surface area contributed by atoms with Gasteiger partial charge in [-0.25, -0.2) is 4.98 Å². The lowest BCUT2D eigenvalue weighted by Gasteiger charge is -2.44. The van der Waals surface area contributed by atoms with Crippen LogP contribution < -0.4 is 21.7 Å². The maximum absolute atomic E-state index is 14.5. The number of aliphatic hydroxyl groups is 1. The van der Waals surface area contributed by atoms with E-state index < -0.39 is 59.3 Å². The number of aliphatic hydroxyl groups excluding tert-OH is 1. The van der Waals surface area contributed by atoms with E-state index in [2.05, 4.69) is 25.9 Å². The summed E-state index contributed by atoms with van der Waals surface area (Å²) in [5.74, 6) is -2.54. The molecule has 14 nitrogen and oxygen atoms in total. The van der Waals surface area contributed by atoms with Gasteiger partial charge in [-0.3, -0.25) is 33.9 Å². The molecule has 1 saturated heterocycles. The maximum atomic E-state index is 14.5. The number of rotatable bonds is 14. The predicted molar refractivity (Wildman–Crippen MR) is 203 cm³/mol. The van der Waals surface area contributed by atoms with Crippen LogP contribution in [0.2, 0.25) is 5.02 Å². The first-order chi connectivity index (χ1) is 25.7. The zero-order valence-corrected chi connectivity index (χ0v) is 32.3. The van der Waals surface area contributed by atoms with Crippen molar-refractivity contribution in [1.29, 1.82) is 0 Å². The molecule has 2 heterocycles. The Hall–Kier alpha value is -4.14. The lowest BCUT2D eigenvalue weighted by atomic mass is 9.79. The first-order valence-corrected chi connectivity index (χ1v) is 19.5. The number of hydrogen-bond donors (Lipinski definition) is 5. The van der Waals surface area contributed by atoms with Crippen molar-refractivity contribution in [3.8, 4) is 0 Å². The van der Waals surface area contributed by atoms with Crippen LogP contribution in [-0.2, 0) is 25.7 Å². The number of nitrogens with two attached hydrogens (primary N) is 1. The molecule has 0 spiro atoms. The lowest BCUT2D eigenvalue weighted by molar-refractivity contribution is -0.145. The van der Waals surface area contributed by atoms with E-state index in [1.165, 1.54) is 18.6 Å². The Bertz CT molecular complexity index is 1610. The predicted octanol–water partition coefficient (Wildman–Crippen LogP) is 2.57. The minimum absolute atomic E-state index is 0.00100. The van der Waals surface area contributed by atoms with Gasteiger partial charge in [-0.05, 0) is 54.2 Å². The molecule has 15 heteroatoms. The molecule has 3 fully saturated rings. The van der Waals surface area contributed by atoms with Gasteiger partial charge in [0.05, 0.1) is 12.2 Å². The monoisotopic (exact) mass is 766 g/mol. The van der Waals surface area contributed by atoms with E-state index in [0.29, 0.717) is 24.5 Å². The van der Waals surface area contributed by atoms with Crippen LogP contribution in [-0.4, -0.2) is 104 Å². The number of primary amides is 1.